The summed E-state index contributed by atoms with van der Waals surface area (Å²) in [4.78, 5) is 2.51. The van der Waals surface area contributed by atoms with Crippen LogP contribution in [0.15, 0.2) is 24.3 Å². The summed E-state index contributed by atoms with van der Waals surface area (Å²) < 4.78 is 11.4. The van der Waals surface area contributed by atoms with Gasteiger partial charge in [-0.05, 0) is 42.9 Å². The Bertz CT molecular complexity index is 488. The Morgan fingerprint density at radius 3 is 2.55 bits per heavy atom. The van der Waals surface area contributed by atoms with E-state index in [2.05, 4.69) is 30.9 Å². The molecule has 0 radical (unpaired) electrons. The number of nitrogens with zero attached hydrogens (tertiary/aromatic N) is 1. The summed E-state index contributed by atoms with van der Waals surface area (Å²) in [6.07, 6.45) is 5.42. The number of likely N-dealkylation sites (tertiary alicyclic amines) is 1. The normalized spacial score (nSPS) is 22.9. The van der Waals surface area contributed by atoms with Gasteiger partial charge in [-0.15, -0.1) is 0 Å². The van der Waals surface area contributed by atoms with E-state index in [1.165, 1.54) is 19.5 Å². The van der Waals surface area contributed by atoms with E-state index in [4.69, 9.17) is 9.47 Å². The van der Waals surface area contributed by atoms with Gasteiger partial charge in [-0.2, -0.15) is 0 Å². The Morgan fingerprint density at radius 1 is 1.18 bits per heavy atom. The van der Waals surface area contributed by atoms with Crippen molar-refractivity contribution in [1.29, 1.82) is 0 Å². The maximum Gasteiger partial charge on any atom is 0.161 e. The third-order valence-electron chi connectivity index (χ3n) is 4.16. The van der Waals surface area contributed by atoms with E-state index in [0.29, 0.717) is 6.61 Å². The van der Waals surface area contributed by atoms with E-state index in [9.17, 15) is 0 Å². The molecular formula is C19H29NO2. The highest BCUT2D eigenvalue weighted by atomic mass is 16.5. The van der Waals surface area contributed by atoms with Crippen molar-refractivity contribution in [3.05, 3.63) is 29.8 Å². The molecule has 0 spiro atoms. The van der Waals surface area contributed by atoms with Gasteiger partial charge >= 0.3 is 0 Å². The summed E-state index contributed by atoms with van der Waals surface area (Å²) in [5.74, 6) is 3.21. The standard InChI is InChI=1S/C19H29NO2/c1-5-6-17-7-8-18(19(12-17)21-4)22-10-9-20-13-15(2)11-16(3)14-20/h5-8,12,15-16H,9-11,13-14H2,1-4H3/b6-5+/t15-,16+. The van der Waals surface area contributed by atoms with Gasteiger partial charge in [0.25, 0.3) is 0 Å². The molecule has 122 valence electrons. The van der Waals surface area contributed by atoms with E-state index >= 15 is 0 Å². The van der Waals surface area contributed by atoms with Crippen LogP contribution in [0.4, 0.5) is 0 Å². The van der Waals surface area contributed by atoms with Crippen molar-refractivity contribution in [2.75, 3.05) is 33.4 Å². The minimum Gasteiger partial charge on any atom is -0.493 e. The summed E-state index contributed by atoms with van der Waals surface area (Å²) >= 11 is 0. The molecule has 0 aliphatic carbocycles. The van der Waals surface area contributed by atoms with Gasteiger partial charge in [0, 0.05) is 19.6 Å². The first-order valence-corrected chi connectivity index (χ1v) is 8.28. The molecule has 0 bridgehead atoms. The summed E-state index contributed by atoms with van der Waals surface area (Å²) in [6, 6.07) is 6.07. The Hall–Kier alpha value is -1.48. The monoisotopic (exact) mass is 303 g/mol. The highest BCUT2D eigenvalue weighted by Gasteiger charge is 2.21. The number of benzene rings is 1. The molecule has 1 saturated heterocycles. The third kappa shape index (κ3) is 4.77. The van der Waals surface area contributed by atoms with Crippen molar-refractivity contribution >= 4 is 6.08 Å². The van der Waals surface area contributed by atoms with E-state index in [0.717, 1.165) is 35.4 Å². The maximum atomic E-state index is 5.94. The van der Waals surface area contributed by atoms with Gasteiger partial charge in [-0.3, -0.25) is 4.90 Å². The number of hydrogen-bond donors (Lipinski definition) is 0. The highest BCUT2D eigenvalue weighted by Crippen LogP contribution is 2.28. The van der Waals surface area contributed by atoms with E-state index in [-0.39, 0.29) is 0 Å². The molecule has 3 nitrogen and oxygen atoms in total. The molecular weight excluding hydrogens is 274 g/mol. The van der Waals surface area contributed by atoms with Gasteiger partial charge in [0.15, 0.2) is 11.5 Å². The van der Waals surface area contributed by atoms with Crippen LogP contribution in [0, 0.1) is 11.8 Å². The van der Waals surface area contributed by atoms with Crippen LogP contribution in [-0.2, 0) is 0 Å². The fourth-order valence-corrected chi connectivity index (χ4v) is 3.36. The third-order valence-corrected chi connectivity index (χ3v) is 4.16. The number of rotatable bonds is 6. The fourth-order valence-electron chi connectivity index (χ4n) is 3.36. The Labute approximate surface area is 134 Å². The van der Waals surface area contributed by atoms with Gasteiger partial charge in [0.2, 0.25) is 0 Å². The molecule has 2 rings (SSSR count). The number of piperidine rings is 1. The minimum atomic E-state index is 0.707. The molecule has 0 unspecified atom stereocenters. The largest absolute Gasteiger partial charge is 0.493 e. The molecule has 0 amide bonds. The van der Waals surface area contributed by atoms with Gasteiger partial charge < -0.3 is 9.47 Å². The fraction of sp³-hybridized carbons (Fsp3) is 0.579. The van der Waals surface area contributed by atoms with Crippen LogP contribution in [0.25, 0.3) is 6.08 Å². The second-order valence-electron chi connectivity index (χ2n) is 6.46. The Kier molecular flexibility index (Phi) is 6.32. The first kappa shape index (κ1) is 16.9. The predicted molar refractivity (Wildman–Crippen MR) is 92.6 cm³/mol. The number of methoxy groups -OCH3 is 1. The zero-order valence-electron chi connectivity index (χ0n) is 14.3. The lowest BCUT2D eigenvalue weighted by atomic mass is 9.92. The van der Waals surface area contributed by atoms with Crippen LogP contribution < -0.4 is 9.47 Å². The van der Waals surface area contributed by atoms with Crippen LogP contribution >= 0.6 is 0 Å². The predicted octanol–water partition coefficient (Wildman–Crippen LogP) is 4.09. The SMILES string of the molecule is C/C=C/c1ccc(OCCN2C[C@H](C)C[C@H](C)C2)c(OC)c1. The molecule has 1 heterocycles. The Balaban J connectivity index is 1.88. The quantitative estimate of drug-likeness (QED) is 0.790. The van der Waals surface area contributed by atoms with Crippen molar-refractivity contribution in [1.82, 2.24) is 4.90 Å². The van der Waals surface area contributed by atoms with Gasteiger partial charge in [-0.25, -0.2) is 0 Å². The summed E-state index contributed by atoms with van der Waals surface area (Å²) in [7, 11) is 1.69. The molecule has 1 aromatic rings. The summed E-state index contributed by atoms with van der Waals surface area (Å²) in [6.45, 7) is 10.7. The van der Waals surface area contributed by atoms with Gasteiger partial charge in [0.1, 0.15) is 6.61 Å². The minimum absolute atomic E-state index is 0.707. The van der Waals surface area contributed by atoms with Gasteiger partial charge in [0.05, 0.1) is 7.11 Å². The smallest absolute Gasteiger partial charge is 0.161 e. The van der Waals surface area contributed by atoms with Crippen molar-refractivity contribution in [2.45, 2.75) is 27.2 Å². The molecule has 1 aliphatic heterocycles. The molecule has 0 N–H and O–H groups in total. The second kappa shape index (κ2) is 8.23. The molecule has 1 fully saturated rings. The lowest BCUT2D eigenvalue weighted by Crippen LogP contribution is -2.40. The first-order chi connectivity index (χ1) is 10.6. The average molecular weight is 303 g/mol. The van der Waals surface area contributed by atoms with E-state index < -0.39 is 0 Å². The van der Waals surface area contributed by atoms with Gasteiger partial charge in [-0.1, -0.05) is 32.1 Å². The zero-order valence-corrected chi connectivity index (χ0v) is 14.3. The van der Waals surface area contributed by atoms with E-state index in [1.54, 1.807) is 7.11 Å². The van der Waals surface area contributed by atoms with Crippen molar-refractivity contribution in [2.24, 2.45) is 11.8 Å². The van der Waals surface area contributed by atoms with Crippen LogP contribution in [0.1, 0.15) is 32.8 Å². The second-order valence-corrected chi connectivity index (χ2v) is 6.46. The number of hydrogen-bond acceptors (Lipinski definition) is 3. The van der Waals surface area contributed by atoms with E-state index in [1.807, 2.05) is 25.1 Å². The van der Waals surface area contributed by atoms with Crippen LogP contribution in [0.2, 0.25) is 0 Å². The van der Waals surface area contributed by atoms with Crippen molar-refractivity contribution < 1.29 is 9.47 Å². The molecule has 0 aromatic heterocycles. The molecule has 3 heteroatoms. The Morgan fingerprint density at radius 2 is 1.91 bits per heavy atom. The van der Waals surface area contributed by atoms with Crippen LogP contribution in [-0.4, -0.2) is 38.3 Å². The summed E-state index contributed by atoms with van der Waals surface area (Å²) in [5.41, 5.74) is 1.13. The molecule has 0 saturated carbocycles. The summed E-state index contributed by atoms with van der Waals surface area (Å²) in [5, 5.41) is 0. The topological polar surface area (TPSA) is 21.7 Å². The number of allylic oxidation sites excluding steroid dienone is 1. The number of ether oxygens (including phenoxy) is 2. The molecule has 22 heavy (non-hydrogen) atoms. The zero-order chi connectivity index (χ0) is 15.9. The average Bonchev–Trinajstić information content (AvgIpc) is 2.48. The first-order valence-electron chi connectivity index (χ1n) is 8.28. The maximum absolute atomic E-state index is 5.94. The molecule has 2 atom stereocenters. The van der Waals surface area contributed by atoms with Crippen LogP contribution in [0.3, 0.4) is 0 Å². The lowest BCUT2D eigenvalue weighted by molar-refractivity contribution is 0.120. The molecule has 1 aromatic carbocycles. The van der Waals surface area contributed by atoms with Crippen molar-refractivity contribution in [3.8, 4) is 11.5 Å². The molecule has 1 aliphatic rings. The van der Waals surface area contributed by atoms with Crippen molar-refractivity contribution in [3.63, 3.8) is 0 Å². The lowest BCUT2D eigenvalue weighted by Gasteiger charge is -2.34. The highest BCUT2D eigenvalue weighted by molar-refractivity contribution is 5.55. The van der Waals surface area contributed by atoms with Crippen LogP contribution in [0.5, 0.6) is 11.5 Å².